The van der Waals surface area contributed by atoms with Gasteiger partial charge >= 0.3 is 5.97 Å². The number of hydrogen-bond acceptors (Lipinski definition) is 7. The van der Waals surface area contributed by atoms with E-state index in [1.807, 2.05) is 69.3 Å². The van der Waals surface area contributed by atoms with Crippen molar-refractivity contribution < 1.29 is 33.8 Å². The van der Waals surface area contributed by atoms with Crippen molar-refractivity contribution in [2.45, 2.75) is 82.8 Å². The van der Waals surface area contributed by atoms with Crippen LogP contribution in [-0.4, -0.2) is 77.2 Å². The molecule has 0 aliphatic carbocycles. The summed E-state index contributed by atoms with van der Waals surface area (Å²) in [6.07, 6.45) is 3.94. The van der Waals surface area contributed by atoms with Crippen LogP contribution in [-0.2, 0) is 28.7 Å². The maximum absolute atomic E-state index is 14.9. The number of carbonyl (C=O) groups excluding carboxylic acids is 4. The van der Waals surface area contributed by atoms with Gasteiger partial charge in [0.1, 0.15) is 17.7 Å². The highest BCUT2D eigenvalue weighted by molar-refractivity contribution is 6.05. The molecule has 2 N–H and O–H groups in total. The van der Waals surface area contributed by atoms with Crippen molar-refractivity contribution in [1.29, 1.82) is 0 Å². The molecular formula is C38H47N3O7. The van der Waals surface area contributed by atoms with Crippen LogP contribution < -0.4 is 10.2 Å². The van der Waals surface area contributed by atoms with Crippen molar-refractivity contribution in [3.8, 4) is 0 Å². The molecule has 3 saturated heterocycles. The van der Waals surface area contributed by atoms with Crippen LogP contribution in [0.5, 0.6) is 0 Å². The smallest absolute Gasteiger partial charge is 0.313 e. The van der Waals surface area contributed by atoms with Crippen molar-refractivity contribution in [2.24, 2.45) is 11.8 Å². The van der Waals surface area contributed by atoms with E-state index in [4.69, 9.17) is 9.47 Å². The standard InChI is InChI=1S/C38H47N3O7/c1-6-9-18-30(43)39-22-29(26-16-11-10-12-17-26)47-37(46)31-28-19-20-38(48-28)32(31)35(44)41(27(8-3)23-42)34(38)36(45)40(21-7-2)33-24(4)14-13-15-25(33)5/h6-7,10-17,27-29,31-32,34,42H,1-2,8-9,18-23H2,3-5H3,(H,39,43)/t27-,28-,29-,31+,32+,34-,38+/m0/s1. The molecule has 0 aromatic heterocycles. The van der Waals surface area contributed by atoms with Gasteiger partial charge in [-0.25, -0.2) is 0 Å². The highest BCUT2D eigenvalue weighted by Gasteiger charge is 2.75. The van der Waals surface area contributed by atoms with Crippen LogP contribution >= 0.6 is 0 Å². The molecule has 0 saturated carbocycles. The summed E-state index contributed by atoms with van der Waals surface area (Å²) in [5.41, 5.74) is 1.94. The maximum Gasteiger partial charge on any atom is 0.313 e. The van der Waals surface area contributed by atoms with Crippen molar-refractivity contribution in [2.75, 3.05) is 24.6 Å². The second-order valence-corrected chi connectivity index (χ2v) is 13.0. The number of allylic oxidation sites excluding steroid dienone is 1. The normalized spacial score (nSPS) is 25.2. The average molecular weight is 658 g/mol. The van der Waals surface area contributed by atoms with Crippen LogP contribution in [0.25, 0.3) is 0 Å². The summed E-state index contributed by atoms with van der Waals surface area (Å²) in [5.74, 6) is -3.47. The second-order valence-electron chi connectivity index (χ2n) is 13.0. The Kier molecular flexibility index (Phi) is 10.9. The molecule has 10 heteroatoms. The number of aryl methyl sites for hydroxylation is 2. The molecule has 5 rings (SSSR count). The lowest BCUT2D eigenvalue weighted by molar-refractivity contribution is -0.161. The van der Waals surface area contributed by atoms with Gasteiger partial charge < -0.3 is 29.7 Å². The van der Waals surface area contributed by atoms with E-state index in [0.29, 0.717) is 31.2 Å². The largest absolute Gasteiger partial charge is 0.455 e. The first-order valence-electron chi connectivity index (χ1n) is 16.9. The number of rotatable bonds is 15. The molecule has 3 aliphatic heterocycles. The summed E-state index contributed by atoms with van der Waals surface area (Å²) in [6.45, 7) is 13.2. The molecule has 2 aromatic carbocycles. The van der Waals surface area contributed by atoms with Gasteiger partial charge in [-0.15, -0.1) is 13.2 Å². The van der Waals surface area contributed by atoms with Gasteiger partial charge in [-0.2, -0.15) is 0 Å². The van der Waals surface area contributed by atoms with Crippen LogP contribution in [0.2, 0.25) is 0 Å². The van der Waals surface area contributed by atoms with E-state index in [-0.39, 0.29) is 37.9 Å². The van der Waals surface area contributed by atoms with E-state index in [0.717, 1.165) is 16.8 Å². The van der Waals surface area contributed by atoms with E-state index in [1.165, 1.54) is 4.90 Å². The van der Waals surface area contributed by atoms with Crippen LogP contribution in [0.15, 0.2) is 73.8 Å². The lowest BCUT2D eigenvalue weighted by atomic mass is 9.70. The maximum atomic E-state index is 14.9. The second kappa shape index (κ2) is 14.9. The number of ether oxygens (including phenoxy) is 2. The summed E-state index contributed by atoms with van der Waals surface area (Å²) in [6, 6.07) is 13.2. The van der Waals surface area contributed by atoms with Crippen LogP contribution in [0.4, 0.5) is 5.69 Å². The van der Waals surface area contributed by atoms with Crippen LogP contribution in [0.3, 0.4) is 0 Å². The molecule has 3 heterocycles. The van der Waals surface area contributed by atoms with Gasteiger partial charge in [-0.3, -0.25) is 19.2 Å². The van der Waals surface area contributed by atoms with Crippen LogP contribution in [0.1, 0.15) is 61.8 Å². The summed E-state index contributed by atoms with van der Waals surface area (Å²) in [7, 11) is 0. The van der Waals surface area contributed by atoms with Gasteiger partial charge in [0, 0.05) is 18.7 Å². The number of aliphatic hydroxyl groups excluding tert-OH is 1. The molecule has 0 unspecified atom stereocenters. The molecule has 3 amide bonds. The zero-order chi connectivity index (χ0) is 34.6. The van der Waals surface area contributed by atoms with Crippen molar-refractivity contribution >= 4 is 29.4 Å². The Hall–Kier alpha value is -4.28. The third kappa shape index (κ3) is 6.31. The van der Waals surface area contributed by atoms with E-state index in [9.17, 15) is 24.3 Å². The SMILES string of the molecule is C=CCCC(=O)NC[C@H](OC(=O)[C@@H]1[C@@H]2CC[C@]3(O2)[C@H](C(=O)N(CC=C)c2c(C)cccc2C)N([C@@H](CC)CO)C(=O)[C@@H]13)c1ccccc1. The third-order valence-electron chi connectivity index (χ3n) is 10.1. The number of carbonyl (C=O) groups is 4. The average Bonchev–Trinajstić information content (AvgIpc) is 3.73. The molecule has 7 atom stereocenters. The summed E-state index contributed by atoms with van der Waals surface area (Å²) in [4.78, 5) is 59.2. The number of esters is 1. The number of anilines is 1. The predicted molar refractivity (Wildman–Crippen MR) is 182 cm³/mol. The summed E-state index contributed by atoms with van der Waals surface area (Å²) in [5, 5.41) is 13.3. The quantitative estimate of drug-likeness (QED) is 0.216. The number of nitrogens with zero attached hydrogens (tertiary/aromatic N) is 2. The number of likely N-dealkylation sites (tertiary alicyclic amines) is 1. The first-order chi connectivity index (χ1) is 23.1. The van der Waals surface area contributed by atoms with Gasteiger partial charge in [-0.05, 0) is 56.2 Å². The molecule has 2 aromatic rings. The van der Waals surface area contributed by atoms with Crippen molar-refractivity contribution in [3.05, 3.63) is 90.5 Å². The number of nitrogens with one attached hydrogen (secondary N) is 1. The Labute approximate surface area is 282 Å². The lowest BCUT2D eigenvalue weighted by Gasteiger charge is -2.39. The van der Waals surface area contributed by atoms with E-state index >= 15 is 0 Å². The fraction of sp³-hybridized carbons (Fsp3) is 0.474. The topological polar surface area (TPSA) is 125 Å². The van der Waals surface area contributed by atoms with Gasteiger partial charge in [0.25, 0.3) is 5.91 Å². The predicted octanol–water partition coefficient (Wildman–Crippen LogP) is 4.33. The minimum absolute atomic E-state index is 0.0513. The van der Waals surface area contributed by atoms with Crippen molar-refractivity contribution in [1.82, 2.24) is 10.2 Å². The molecule has 48 heavy (non-hydrogen) atoms. The number of benzene rings is 2. The first kappa shape index (κ1) is 35.0. The molecule has 10 nitrogen and oxygen atoms in total. The molecule has 3 aliphatic rings. The summed E-state index contributed by atoms with van der Waals surface area (Å²) < 4.78 is 12.8. The Morgan fingerprint density at radius 1 is 1.12 bits per heavy atom. The molecular weight excluding hydrogens is 610 g/mol. The van der Waals surface area contributed by atoms with E-state index in [1.54, 1.807) is 17.1 Å². The molecule has 2 bridgehead atoms. The third-order valence-corrected chi connectivity index (χ3v) is 10.1. The Morgan fingerprint density at radius 2 is 1.83 bits per heavy atom. The minimum atomic E-state index is -1.28. The van der Waals surface area contributed by atoms with Crippen LogP contribution in [0, 0.1) is 25.7 Å². The van der Waals surface area contributed by atoms with Gasteiger partial charge in [0.05, 0.1) is 37.1 Å². The Balaban J connectivity index is 1.50. The monoisotopic (exact) mass is 657 g/mol. The summed E-state index contributed by atoms with van der Waals surface area (Å²) >= 11 is 0. The minimum Gasteiger partial charge on any atom is -0.455 e. The number of para-hydroxylation sites is 1. The fourth-order valence-electron chi connectivity index (χ4n) is 7.89. The highest BCUT2D eigenvalue weighted by Crippen LogP contribution is 2.59. The number of aliphatic hydroxyl groups is 1. The number of hydrogen-bond donors (Lipinski definition) is 2. The van der Waals surface area contributed by atoms with Gasteiger partial charge in [-0.1, -0.05) is 67.6 Å². The molecule has 256 valence electrons. The zero-order valence-corrected chi connectivity index (χ0v) is 28.1. The van der Waals surface area contributed by atoms with E-state index < -0.39 is 53.6 Å². The molecule has 0 radical (unpaired) electrons. The lowest BCUT2D eigenvalue weighted by Crippen LogP contribution is -2.59. The molecule has 3 fully saturated rings. The Morgan fingerprint density at radius 3 is 2.46 bits per heavy atom. The first-order valence-corrected chi connectivity index (χ1v) is 16.9. The van der Waals surface area contributed by atoms with Gasteiger partial charge in [0.15, 0.2) is 0 Å². The fourth-order valence-corrected chi connectivity index (χ4v) is 7.89. The molecule has 1 spiro atoms. The van der Waals surface area contributed by atoms with Gasteiger partial charge in [0.2, 0.25) is 11.8 Å². The van der Waals surface area contributed by atoms with E-state index in [2.05, 4.69) is 18.5 Å². The number of fused-ring (bicyclic) bond motifs is 1. The highest BCUT2D eigenvalue weighted by atomic mass is 16.6. The number of amides is 3. The van der Waals surface area contributed by atoms with Crippen molar-refractivity contribution in [3.63, 3.8) is 0 Å². The zero-order valence-electron chi connectivity index (χ0n) is 28.1. The Bertz CT molecular complexity index is 1520.